The topological polar surface area (TPSA) is 73.7 Å². The van der Waals surface area contributed by atoms with Crippen molar-refractivity contribution in [1.29, 1.82) is 0 Å². The molecule has 0 aliphatic carbocycles. The fourth-order valence-corrected chi connectivity index (χ4v) is 2.82. The summed E-state index contributed by atoms with van der Waals surface area (Å²) in [4.78, 5) is 7.56. The SMILES string of the molecule is [N-]=[N+]=Nc1cccc(Nc2c3ccccc3nc3ccccc23)c1. The van der Waals surface area contributed by atoms with Gasteiger partial charge in [-0.15, -0.1) is 0 Å². The second-order valence-corrected chi connectivity index (χ2v) is 5.39. The highest BCUT2D eigenvalue weighted by Crippen LogP contribution is 2.33. The van der Waals surface area contributed by atoms with Crippen molar-refractivity contribution >= 4 is 38.9 Å². The van der Waals surface area contributed by atoms with Gasteiger partial charge in [0, 0.05) is 27.1 Å². The van der Waals surface area contributed by atoms with Crippen molar-refractivity contribution in [2.75, 3.05) is 5.32 Å². The third kappa shape index (κ3) is 2.49. The molecular weight excluding hydrogens is 298 g/mol. The zero-order valence-corrected chi connectivity index (χ0v) is 12.7. The Morgan fingerprint density at radius 1 is 0.833 bits per heavy atom. The molecule has 0 amide bonds. The number of rotatable bonds is 3. The zero-order chi connectivity index (χ0) is 16.4. The summed E-state index contributed by atoms with van der Waals surface area (Å²) in [6.07, 6.45) is 0. The third-order valence-electron chi connectivity index (χ3n) is 3.86. The lowest BCUT2D eigenvalue weighted by molar-refractivity contribution is 1.46. The van der Waals surface area contributed by atoms with Gasteiger partial charge in [-0.25, -0.2) is 4.98 Å². The Labute approximate surface area is 138 Å². The van der Waals surface area contributed by atoms with E-state index in [4.69, 9.17) is 10.5 Å². The van der Waals surface area contributed by atoms with E-state index in [1.807, 2.05) is 66.7 Å². The summed E-state index contributed by atoms with van der Waals surface area (Å²) < 4.78 is 0. The number of hydrogen-bond donors (Lipinski definition) is 1. The minimum absolute atomic E-state index is 0.574. The van der Waals surface area contributed by atoms with E-state index >= 15 is 0 Å². The van der Waals surface area contributed by atoms with Crippen LogP contribution in [0.1, 0.15) is 0 Å². The summed E-state index contributed by atoms with van der Waals surface area (Å²) in [5.74, 6) is 0. The Morgan fingerprint density at radius 3 is 2.17 bits per heavy atom. The molecular formula is C19H13N5. The predicted octanol–water partition coefficient (Wildman–Crippen LogP) is 6.07. The zero-order valence-electron chi connectivity index (χ0n) is 12.7. The molecule has 3 aromatic carbocycles. The molecule has 0 atom stereocenters. The molecule has 114 valence electrons. The van der Waals surface area contributed by atoms with Gasteiger partial charge in [-0.1, -0.05) is 53.6 Å². The minimum Gasteiger partial charge on any atom is -0.354 e. The first-order valence-corrected chi connectivity index (χ1v) is 7.55. The summed E-state index contributed by atoms with van der Waals surface area (Å²) in [7, 11) is 0. The van der Waals surface area contributed by atoms with Crippen LogP contribution in [0.15, 0.2) is 77.9 Å². The molecule has 5 heteroatoms. The number of fused-ring (bicyclic) bond motifs is 2. The van der Waals surface area contributed by atoms with Gasteiger partial charge in [0.2, 0.25) is 0 Å². The van der Waals surface area contributed by atoms with Crippen molar-refractivity contribution in [1.82, 2.24) is 4.98 Å². The maximum atomic E-state index is 8.61. The van der Waals surface area contributed by atoms with Crippen LogP contribution in [0.3, 0.4) is 0 Å². The molecule has 0 aliphatic rings. The van der Waals surface area contributed by atoms with Crippen molar-refractivity contribution in [3.63, 3.8) is 0 Å². The first-order valence-electron chi connectivity index (χ1n) is 7.55. The normalized spacial score (nSPS) is 10.5. The lowest BCUT2D eigenvalue weighted by atomic mass is 10.1. The number of hydrogen-bond acceptors (Lipinski definition) is 3. The van der Waals surface area contributed by atoms with E-state index in [2.05, 4.69) is 15.3 Å². The standard InChI is InChI=1S/C19H13N5/c20-24-23-14-7-5-6-13(12-14)21-19-15-8-1-3-10-17(15)22-18-11-4-2-9-16(18)19/h1-12H,(H,21,22). The van der Waals surface area contributed by atoms with E-state index < -0.39 is 0 Å². The van der Waals surface area contributed by atoms with Crippen LogP contribution in [0, 0.1) is 0 Å². The smallest absolute Gasteiger partial charge is 0.0730 e. The third-order valence-corrected chi connectivity index (χ3v) is 3.86. The number of nitrogens with zero attached hydrogens (tertiary/aromatic N) is 4. The monoisotopic (exact) mass is 311 g/mol. The van der Waals surface area contributed by atoms with Gasteiger partial charge < -0.3 is 5.32 Å². The van der Waals surface area contributed by atoms with Crippen LogP contribution >= 0.6 is 0 Å². The van der Waals surface area contributed by atoms with Gasteiger partial charge >= 0.3 is 0 Å². The van der Waals surface area contributed by atoms with Gasteiger partial charge in [-0.05, 0) is 29.8 Å². The Balaban J connectivity index is 1.93. The highest BCUT2D eigenvalue weighted by atomic mass is 15.1. The Bertz CT molecular complexity index is 1040. The minimum atomic E-state index is 0.574. The Hall–Kier alpha value is -3.56. The van der Waals surface area contributed by atoms with Crippen molar-refractivity contribution in [2.24, 2.45) is 5.11 Å². The fraction of sp³-hybridized carbons (Fsp3) is 0. The molecule has 1 aromatic heterocycles. The van der Waals surface area contributed by atoms with Crippen LogP contribution in [0.25, 0.3) is 32.2 Å². The van der Waals surface area contributed by atoms with Gasteiger partial charge in [0.25, 0.3) is 0 Å². The van der Waals surface area contributed by atoms with Crippen LogP contribution < -0.4 is 5.32 Å². The summed E-state index contributed by atoms with van der Waals surface area (Å²) in [6.45, 7) is 0. The molecule has 1 N–H and O–H groups in total. The number of azide groups is 1. The van der Waals surface area contributed by atoms with Crippen molar-refractivity contribution in [2.45, 2.75) is 0 Å². The number of benzene rings is 3. The summed E-state index contributed by atoms with van der Waals surface area (Å²) >= 11 is 0. The number of anilines is 2. The molecule has 1 heterocycles. The predicted molar refractivity (Wildman–Crippen MR) is 97.8 cm³/mol. The summed E-state index contributed by atoms with van der Waals surface area (Å²) in [6, 6.07) is 23.5. The first-order chi connectivity index (χ1) is 11.8. The lowest BCUT2D eigenvalue weighted by Gasteiger charge is -2.13. The number of para-hydroxylation sites is 2. The maximum absolute atomic E-state index is 8.61. The molecule has 0 radical (unpaired) electrons. The van der Waals surface area contributed by atoms with Gasteiger partial charge in [-0.2, -0.15) is 0 Å². The van der Waals surface area contributed by atoms with E-state index in [9.17, 15) is 0 Å². The van der Waals surface area contributed by atoms with Crippen LogP contribution in [-0.2, 0) is 0 Å². The molecule has 0 unspecified atom stereocenters. The quantitative estimate of drug-likeness (QED) is 0.216. The fourth-order valence-electron chi connectivity index (χ4n) is 2.82. The summed E-state index contributed by atoms with van der Waals surface area (Å²) in [5.41, 5.74) is 12.9. The van der Waals surface area contributed by atoms with E-state index in [-0.39, 0.29) is 0 Å². The van der Waals surface area contributed by atoms with Gasteiger partial charge in [-0.3, -0.25) is 0 Å². The maximum Gasteiger partial charge on any atom is 0.0730 e. The Kier molecular flexibility index (Phi) is 3.46. The van der Waals surface area contributed by atoms with Crippen LogP contribution in [-0.4, -0.2) is 4.98 Å². The highest BCUT2D eigenvalue weighted by molar-refractivity contribution is 6.08. The molecule has 0 saturated carbocycles. The second kappa shape index (κ2) is 5.91. The largest absolute Gasteiger partial charge is 0.354 e. The molecule has 0 saturated heterocycles. The van der Waals surface area contributed by atoms with Gasteiger partial charge in [0.15, 0.2) is 0 Å². The van der Waals surface area contributed by atoms with E-state index in [0.29, 0.717) is 5.69 Å². The molecule has 0 bridgehead atoms. The van der Waals surface area contributed by atoms with Gasteiger partial charge in [0.1, 0.15) is 0 Å². The average Bonchev–Trinajstić information content (AvgIpc) is 2.62. The van der Waals surface area contributed by atoms with Crippen molar-refractivity contribution in [3.05, 3.63) is 83.2 Å². The Morgan fingerprint density at radius 2 is 1.50 bits per heavy atom. The molecule has 0 fully saturated rings. The highest BCUT2D eigenvalue weighted by Gasteiger charge is 2.09. The van der Waals surface area contributed by atoms with E-state index in [1.54, 1.807) is 6.07 Å². The van der Waals surface area contributed by atoms with E-state index in [0.717, 1.165) is 33.2 Å². The van der Waals surface area contributed by atoms with Gasteiger partial charge in [0.05, 0.1) is 16.7 Å². The molecule has 0 aliphatic heterocycles. The molecule has 0 spiro atoms. The second-order valence-electron chi connectivity index (χ2n) is 5.39. The van der Waals surface area contributed by atoms with Crippen LogP contribution in [0.2, 0.25) is 0 Å². The van der Waals surface area contributed by atoms with Crippen LogP contribution in [0.4, 0.5) is 17.1 Å². The number of nitrogens with one attached hydrogen (secondary N) is 1. The summed E-state index contributed by atoms with van der Waals surface area (Å²) in [5, 5.41) is 9.22. The van der Waals surface area contributed by atoms with Crippen molar-refractivity contribution < 1.29 is 0 Å². The molecule has 24 heavy (non-hydrogen) atoms. The lowest BCUT2D eigenvalue weighted by Crippen LogP contribution is -1.95. The first kappa shape index (κ1) is 14.1. The molecule has 4 rings (SSSR count). The van der Waals surface area contributed by atoms with Crippen LogP contribution in [0.5, 0.6) is 0 Å². The average molecular weight is 311 g/mol. The number of pyridine rings is 1. The van der Waals surface area contributed by atoms with Crippen molar-refractivity contribution in [3.8, 4) is 0 Å². The number of aromatic nitrogens is 1. The molecule has 4 aromatic rings. The van der Waals surface area contributed by atoms with E-state index in [1.165, 1.54) is 0 Å². The molecule has 5 nitrogen and oxygen atoms in total.